The van der Waals surface area contributed by atoms with Crippen LogP contribution in [-0.2, 0) is 27.1 Å². The molecule has 9 heteroatoms. The average Bonchev–Trinajstić information content (AvgIpc) is 3.04. The van der Waals surface area contributed by atoms with Gasteiger partial charge in [-0.05, 0) is 17.7 Å². The SMILES string of the molecule is O=C(Cn1c(=O)oc2ccccc21)N1CCN(S(=O)(=O)Cc2ccccc2)CC1. The number of carbonyl (C=O) groups is 1. The molecule has 0 unspecified atom stereocenters. The first-order valence-electron chi connectivity index (χ1n) is 9.32. The highest BCUT2D eigenvalue weighted by Crippen LogP contribution is 2.15. The van der Waals surface area contributed by atoms with Crippen molar-refractivity contribution in [1.29, 1.82) is 0 Å². The highest BCUT2D eigenvalue weighted by molar-refractivity contribution is 7.88. The fourth-order valence-corrected chi connectivity index (χ4v) is 5.01. The predicted molar refractivity (Wildman–Crippen MR) is 108 cm³/mol. The van der Waals surface area contributed by atoms with Crippen LogP contribution in [0.4, 0.5) is 0 Å². The molecule has 2 aromatic carbocycles. The van der Waals surface area contributed by atoms with Crippen molar-refractivity contribution in [2.75, 3.05) is 26.2 Å². The molecule has 29 heavy (non-hydrogen) atoms. The predicted octanol–water partition coefficient (Wildman–Crippen LogP) is 1.27. The van der Waals surface area contributed by atoms with Crippen molar-refractivity contribution in [3.8, 4) is 0 Å². The number of piperazine rings is 1. The number of benzene rings is 2. The van der Waals surface area contributed by atoms with Gasteiger partial charge in [-0.1, -0.05) is 42.5 Å². The van der Waals surface area contributed by atoms with E-state index in [0.717, 1.165) is 5.56 Å². The van der Waals surface area contributed by atoms with E-state index in [1.807, 2.05) is 18.2 Å². The Kier molecular flexibility index (Phi) is 5.25. The summed E-state index contributed by atoms with van der Waals surface area (Å²) in [7, 11) is -3.45. The molecule has 0 bridgehead atoms. The van der Waals surface area contributed by atoms with Crippen LogP contribution in [0.2, 0.25) is 0 Å². The standard InChI is InChI=1S/C20H21N3O5S/c24-19(14-23-17-8-4-5-9-18(17)28-20(23)25)21-10-12-22(13-11-21)29(26,27)15-16-6-2-1-3-7-16/h1-9H,10-15H2. The van der Waals surface area contributed by atoms with Crippen LogP contribution in [0.15, 0.2) is 63.8 Å². The molecule has 1 aliphatic rings. The molecule has 0 saturated carbocycles. The molecule has 0 aliphatic carbocycles. The van der Waals surface area contributed by atoms with Crippen molar-refractivity contribution in [3.05, 3.63) is 70.7 Å². The van der Waals surface area contributed by atoms with Gasteiger partial charge in [0, 0.05) is 26.2 Å². The maximum atomic E-state index is 12.7. The maximum Gasteiger partial charge on any atom is 0.420 e. The number of fused-ring (bicyclic) bond motifs is 1. The molecule has 1 fully saturated rings. The third-order valence-corrected chi connectivity index (χ3v) is 6.89. The molecular weight excluding hydrogens is 394 g/mol. The second-order valence-corrected chi connectivity index (χ2v) is 8.91. The van der Waals surface area contributed by atoms with Crippen molar-refractivity contribution >= 4 is 27.0 Å². The minimum atomic E-state index is -3.45. The first kappa shape index (κ1) is 19.4. The molecule has 0 N–H and O–H groups in total. The number of carbonyl (C=O) groups excluding carboxylic acids is 1. The van der Waals surface area contributed by atoms with Gasteiger partial charge in [0.25, 0.3) is 0 Å². The Hall–Kier alpha value is -2.91. The quantitative estimate of drug-likeness (QED) is 0.626. The normalized spacial score (nSPS) is 15.7. The van der Waals surface area contributed by atoms with Crippen LogP contribution in [0.25, 0.3) is 11.1 Å². The molecule has 1 amide bonds. The zero-order valence-electron chi connectivity index (χ0n) is 15.7. The molecular formula is C20H21N3O5S. The Labute approximate surface area is 168 Å². The van der Waals surface area contributed by atoms with Gasteiger partial charge >= 0.3 is 5.76 Å². The van der Waals surface area contributed by atoms with E-state index in [0.29, 0.717) is 11.1 Å². The lowest BCUT2D eigenvalue weighted by molar-refractivity contribution is -0.133. The van der Waals surface area contributed by atoms with Gasteiger partial charge in [-0.2, -0.15) is 4.31 Å². The summed E-state index contributed by atoms with van der Waals surface area (Å²) >= 11 is 0. The zero-order chi connectivity index (χ0) is 20.4. The molecule has 152 valence electrons. The molecule has 0 spiro atoms. The van der Waals surface area contributed by atoms with Crippen LogP contribution < -0.4 is 5.76 Å². The van der Waals surface area contributed by atoms with Gasteiger partial charge < -0.3 is 9.32 Å². The average molecular weight is 415 g/mol. The molecule has 2 heterocycles. The largest absolute Gasteiger partial charge is 0.420 e. The van der Waals surface area contributed by atoms with Gasteiger partial charge in [-0.15, -0.1) is 0 Å². The lowest BCUT2D eigenvalue weighted by Crippen LogP contribution is -2.51. The number of nitrogens with zero attached hydrogens (tertiary/aromatic N) is 3. The number of para-hydroxylation sites is 2. The van der Waals surface area contributed by atoms with Crippen LogP contribution in [0.1, 0.15) is 5.56 Å². The maximum absolute atomic E-state index is 12.7. The van der Waals surface area contributed by atoms with E-state index in [1.54, 1.807) is 41.3 Å². The van der Waals surface area contributed by atoms with E-state index in [1.165, 1.54) is 8.87 Å². The van der Waals surface area contributed by atoms with Crippen molar-refractivity contribution in [2.24, 2.45) is 0 Å². The van der Waals surface area contributed by atoms with Crippen LogP contribution in [0.3, 0.4) is 0 Å². The summed E-state index contributed by atoms with van der Waals surface area (Å²) in [5, 5.41) is 0. The lowest BCUT2D eigenvalue weighted by atomic mass is 10.2. The minimum absolute atomic E-state index is 0.0574. The number of amides is 1. The topological polar surface area (TPSA) is 92.8 Å². The molecule has 3 aromatic rings. The van der Waals surface area contributed by atoms with Gasteiger partial charge in [0.15, 0.2) is 5.58 Å². The van der Waals surface area contributed by atoms with Crippen LogP contribution in [-0.4, -0.2) is 54.3 Å². The Balaban J connectivity index is 1.39. The Morgan fingerprint density at radius 3 is 2.31 bits per heavy atom. The molecule has 1 saturated heterocycles. The van der Waals surface area contributed by atoms with E-state index in [2.05, 4.69) is 0 Å². The molecule has 0 radical (unpaired) electrons. The highest BCUT2D eigenvalue weighted by atomic mass is 32.2. The number of sulfonamides is 1. The van der Waals surface area contributed by atoms with Gasteiger partial charge in [0.1, 0.15) is 6.54 Å². The van der Waals surface area contributed by atoms with Gasteiger partial charge in [0.05, 0.1) is 11.3 Å². The summed E-state index contributed by atoms with van der Waals surface area (Å²) in [6.07, 6.45) is 0. The summed E-state index contributed by atoms with van der Waals surface area (Å²) in [6.45, 7) is 0.922. The Morgan fingerprint density at radius 2 is 1.59 bits per heavy atom. The Bertz CT molecular complexity index is 1180. The summed E-state index contributed by atoms with van der Waals surface area (Å²) in [6, 6.07) is 16.0. The fourth-order valence-electron chi connectivity index (χ4n) is 3.49. The molecule has 8 nitrogen and oxygen atoms in total. The molecule has 0 atom stereocenters. The number of rotatable bonds is 5. The second-order valence-electron chi connectivity index (χ2n) is 6.94. The van der Waals surface area contributed by atoms with E-state index < -0.39 is 15.8 Å². The third-order valence-electron chi connectivity index (χ3n) is 5.04. The number of aromatic nitrogens is 1. The summed E-state index contributed by atoms with van der Waals surface area (Å²) in [4.78, 5) is 26.3. The van der Waals surface area contributed by atoms with Crippen LogP contribution >= 0.6 is 0 Å². The van der Waals surface area contributed by atoms with E-state index in [-0.39, 0.29) is 44.4 Å². The number of hydrogen-bond donors (Lipinski definition) is 0. The molecule has 1 aromatic heterocycles. The lowest BCUT2D eigenvalue weighted by Gasteiger charge is -2.34. The Morgan fingerprint density at radius 1 is 0.931 bits per heavy atom. The first-order chi connectivity index (χ1) is 13.9. The van der Waals surface area contributed by atoms with Crippen molar-refractivity contribution in [3.63, 3.8) is 0 Å². The smallest absolute Gasteiger partial charge is 0.408 e. The minimum Gasteiger partial charge on any atom is -0.408 e. The van der Waals surface area contributed by atoms with Gasteiger partial charge in [-0.25, -0.2) is 13.2 Å². The summed E-state index contributed by atoms with van der Waals surface area (Å²) in [5.41, 5.74) is 1.73. The van der Waals surface area contributed by atoms with Crippen molar-refractivity contribution < 1.29 is 17.6 Å². The molecule has 1 aliphatic heterocycles. The number of hydrogen-bond acceptors (Lipinski definition) is 5. The van der Waals surface area contributed by atoms with Gasteiger partial charge in [0.2, 0.25) is 15.9 Å². The highest BCUT2D eigenvalue weighted by Gasteiger charge is 2.29. The second kappa shape index (κ2) is 7.84. The van der Waals surface area contributed by atoms with Crippen molar-refractivity contribution in [1.82, 2.24) is 13.8 Å². The van der Waals surface area contributed by atoms with Crippen LogP contribution in [0, 0.1) is 0 Å². The third kappa shape index (κ3) is 4.10. The zero-order valence-corrected chi connectivity index (χ0v) is 16.5. The van der Waals surface area contributed by atoms with Gasteiger partial charge in [-0.3, -0.25) is 9.36 Å². The van der Waals surface area contributed by atoms with E-state index in [9.17, 15) is 18.0 Å². The fraction of sp³-hybridized carbons (Fsp3) is 0.300. The van der Waals surface area contributed by atoms with Crippen molar-refractivity contribution in [2.45, 2.75) is 12.3 Å². The van der Waals surface area contributed by atoms with E-state index in [4.69, 9.17) is 4.42 Å². The van der Waals surface area contributed by atoms with E-state index >= 15 is 0 Å². The number of oxazole rings is 1. The monoisotopic (exact) mass is 415 g/mol. The summed E-state index contributed by atoms with van der Waals surface area (Å²) < 4.78 is 33.2. The summed E-state index contributed by atoms with van der Waals surface area (Å²) in [5.74, 6) is -0.875. The van der Waals surface area contributed by atoms with Crippen LogP contribution in [0.5, 0.6) is 0 Å². The first-order valence-corrected chi connectivity index (χ1v) is 10.9. The molecule has 4 rings (SSSR count).